The van der Waals surface area contributed by atoms with Crippen molar-refractivity contribution in [3.8, 4) is 0 Å². The number of carboxylic acid groups (broad SMARTS) is 1. The SMILES string of the molecule is CON=C(C(=O)NC1C(=O)N2C(C(=O)O)=C(CI)CS[C@@H]12)c1csc(NC(c2ccccc2)(c2ccccc2)c2ccccc2)n1. The van der Waals surface area contributed by atoms with E-state index in [1.165, 1.54) is 35.1 Å². The number of halogens is 1. The number of benzene rings is 3. The summed E-state index contributed by atoms with van der Waals surface area (Å²) in [6.07, 6.45) is 0. The molecule has 3 heterocycles. The van der Waals surface area contributed by atoms with Crippen molar-refractivity contribution in [1.29, 1.82) is 0 Å². The van der Waals surface area contributed by atoms with Crippen molar-refractivity contribution >= 4 is 74.3 Å². The van der Waals surface area contributed by atoms with Crippen LogP contribution in [0.2, 0.25) is 0 Å². The van der Waals surface area contributed by atoms with Crippen molar-refractivity contribution in [3.05, 3.63) is 130 Å². The third-order valence-corrected chi connectivity index (χ3v) is 10.8. The van der Waals surface area contributed by atoms with E-state index in [-0.39, 0.29) is 17.1 Å². The van der Waals surface area contributed by atoms with Gasteiger partial charge in [-0.1, -0.05) is 119 Å². The zero-order valence-electron chi connectivity index (χ0n) is 24.4. The van der Waals surface area contributed by atoms with Gasteiger partial charge in [-0.3, -0.25) is 14.5 Å². The Morgan fingerprint density at radius 2 is 1.59 bits per heavy atom. The fraction of sp³-hybridized carbons (Fsp3) is 0.182. The molecule has 2 atom stereocenters. The first-order valence-electron chi connectivity index (χ1n) is 14.2. The van der Waals surface area contributed by atoms with Gasteiger partial charge in [0.05, 0.1) is 0 Å². The zero-order valence-corrected chi connectivity index (χ0v) is 28.2. The van der Waals surface area contributed by atoms with Gasteiger partial charge in [-0.05, 0) is 22.3 Å². The molecule has 2 amide bonds. The second-order valence-electron chi connectivity index (χ2n) is 10.4. The lowest BCUT2D eigenvalue weighted by Gasteiger charge is -2.49. The molecule has 234 valence electrons. The molecule has 0 saturated carbocycles. The molecule has 0 spiro atoms. The smallest absolute Gasteiger partial charge is 0.352 e. The minimum atomic E-state index is -1.16. The lowest BCUT2D eigenvalue weighted by Crippen LogP contribution is -2.71. The van der Waals surface area contributed by atoms with E-state index in [1.807, 2.05) is 54.6 Å². The van der Waals surface area contributed by atoms with E-state index in [4.69, 9.17) is 9.82 Å². The van der Waals surface area contributed by atoms with Gasteiger partial charge in [-0.15, -0.1) is 23.1 Å². The van der Waals surface area contributed by atoms with Crippen LogP contribution in [0.15, 0.2) is 113 Å². The number of thiazole rings is 1. The number of thioether (sulfide) groups is 1. The van der Waals surface area contributed by atoms with Crippen molar-refractivity contribution in [1.82, 2.24) is 15.2 Å². The zero-order chi connectivity index (χ0) is 32.3. The van der Waals surface area contributed by atoms with Crippen molar-refractivity contribution in [3.63, 3.8) is 0 Å². The summed E-state index contributed by atoms with van der Waals surface area (Å²) < 4.78 is 0.491. The Bertz CT molecular complexity index is 1720. The Balaban J connectivity index is 1.30. The maximum atomic E-state index is 13.6. The monoisotopic (exact) mass is 765 g/mol. The number of hydrogen-bond donors (Lipinski definition) is 3. The molecule has 46 heavy (non-hydrogen) atoms. The Kier molecular flexibility index (Phi) is 9.42. The summed E-state index contributed by atoms with van der Waals surface area (Å²) in [5, 5.41) is 21.8. The number of oxime groups is 1. The quantitative estimate of drug-likeness (QED) is 0.0482. The van der Waals surface area contributed by atoms with E-state index < -0.39 is 34.7 Å². The van der Waals surface area contributed by atoms with Crippen LogP contribution >= 0.6 is 45.7 Å². The fourth-order valence-corrected chi connectivity index (χ4v) is 8.77. The van der Waals surface area contributed by atoms with Crippen molar-refractivity contribution in [2.45, 2.75) is 17.0 Å². The predicted octanol–water partition coefficient (Wildman–Crippen LogP) is 5.07. The van der Waals surface area contributed by atoms with Gasteiger partial charge >= 0.3 is 5.97 Å². The molecule has 0 aliphatic carbocycles. The highest BCUT2D eigenvalue weighted by Gasteiger charge is 2.54. The van der Waals surface area contributed by atoms with E-state index in [9.17, 15) is 19.5 Å². The van der Waals surface area contributed by atoms with Crippen molar-refractivity contribution < 1.29 is 24.3 Å². The first-order chi connectivity index (χ1) is 22.4. The summed E-state index contributed by atoms with van der Waals surface area (Å²) in [5.41, 5.74) is 2.97. The molecular weight excluding hydrogens is 737 g/mol. The maximum absolute atomic E-state index is 13.6. The van der Waals surface area contributed by atoms with Gasteiger partial charge in [0.2, 0.25) is 0 Å². The minimum absolute atomic E-state index is 0.00613. The molecular formula is C33H28IN5O5S2. The second kappa shape index (κ2) is 13.6. The number of carbonyl (C=O) groups is 3. The third kappa shape index (κ3) is 5.78. The van der Waals surface area contributed by atoms with E-state index in [0.29, 0.717) is 20.9 Å². The molecule has 1 unspecified atom stereocenters. The number of carbonyl (C=O) groups excluding carboxylic acids is 2. The number of alkyl halides is 1. The van der Waals surface area contributed by atoms with E-state index in [1.54, 1.807) is 5.38 Å². The van der Waals surface area contributed by atoms with Gasteiger partial charge in [-0.25, -0.2) is 9.78 Å². The molecule has 2 aliphatic heterocycles. The van der Waals surface area contributed by atoms with E-state index in [0.717, 1.165) is 16.7 Å². The topological polar surface area (TPSA) is 133 Å². The molecule has 4 aromatic rings. The molecule has 3 N–H and O–H groups in total. The normalized spacial score (nSPS) is 18.0. The van der Waals surface area contributed by atoms with Crippen LogP contribution in [-0.4, -0.2) is 67.2 Å². The van der Waals surface area contributed by atoms with Crippen LogP contribution in [0.25, 0.3) is 0 Å². The maximum Gasteiger partial charge on any atom is 0.352 e. The molecule has 0 radical (unpaired) electrons. The standard InChI is InChI=1S/C33H28IN5O5S2/c1-44-38-25(28(40)36-26-29(41)39-27(31(42)43)20(17-34)18-45-30(26)39)24-19-46-32(35-24)37-33(21-11-5-2-6-12-21,22-13-7-3-8-14-22)23-15-9-4-10-16-23/h2-16,19,26,30H,17-18H2,1H3,(H,35,37)(H,36,40)(H,42,43)/t26?,30-/m0/s1. The van der Waals surface area contributed by atoms with E-state index in [2.05, 4.69) is 74.8 Å². The molecule has 1 fully saturated rings. The van der Waals surface area contributed by atoms with Gasteiger partial charge in [-0.2, -0.15) is 0 Å². The number of β-lactam (4-membered cyclic amide) rings is 1. The summed E-state index contributed by atoms with van der Waals surface area (Å²) in [6.45, 7) is 0. The number of aliphatic carboxylic acids is 1. The number of fused-ring (bicyclic) bond motifs is 1. The highest BCUT2D eigenvalue weighted by molar-refractivity contribution is 14.1. The van der Waals surface area contributed by atoms with Gasteiger partial charge in [0.1, 0.15) is 35.5 Å². The van der Waals surface area contributed by atoms with Crippen LogP contribution < -0.4 is 10.6 Å². The summed E-state index contributed by atoms with van der Waals surface area (Å²) in [6, 6.07) is 29.3. The highest BCUT2D eigenvalue weighted by Crippen LogP contribution is 2.42. The van der Waals surface area contributed by atoms with Crippen LogP contribution in [0, 0.1) is 0 Å². The van der Waals surface area contributed by atoms with Crippen LogP contribution in [0.1, 0.15) is 22.4 Å². The van der Waals surface area contributed by atoms with Gasteiger partial charge in [0.25, 0.3) is 11.8 Å². The first-order valence-corrected chi connectivity index (χ1v) is 17.6. The summed E-state index contributed by atoms with van der Waals surface area (Å²) >= 11 is 4.81. The lowest BCUT2D eigenvalue weighted by molar-refractivity contribution is -0.150. The van der Waals surface area contributed by atoms with Gasteiger partial charge in [0.15, 0.2) is 10.8 Å². The van der Waals surface area contributed by atoms with Gasteiger partial charge < -0.3 is 20.6 Å². The number of carboxylic acids is 1. The summed E-state index contributed by atoms with van der Waals surface area (Å²) in [4.78, 5) is 49.6. The second-order valence-corrected chi connectivity index (χ2v) is 13.1. The van der Waals surface area contributed by atoms with Crippen LogP contribution in [0.5, 0.6) is 0 Å². The molecule has 0 bridgehead atoms. The third-order valence-electron chi connectivity index (χ3n) is 7.76. The summed E-state index contributed by atoms with van der Waals surface area (Å²) in [5.74, 6) is -1.84. The van der Waals surface area contributed by atoms with Crippen LogP contribution in [0.3, 0.4) is 0 Å². The lowest BCUT2D eigenvalue weighted by atomic mass is 9.77. The molecule has 10 nitrogen and oxygen atoms in total. The number of rotatable bonds is 11. The van der Waals surface area contributed by atoms with Crippen molar-refractivity contribution in [2.75, 3.05) is 22.6 Å². The number of amides is 2. The number of aromatic nitrogens is 1. The average Bonchev–Trinajstić information content (AvgIpc) is 3.56. The number of hydrogen-bond acceptors (Lipinski definition) is 9. The number of nitrogens with one attached hydrogen (secondary N) is 2. The number of nitrogens with zero attached hydrogens (tertiary/aromatic N) is 3. The molecule has 13 heteroatoms. The van der Waals surface area contributed by atoms with Crippen LogP contribution in [0.4, 0.5) is 5.13 Å². The largest absolute Gasteiger partial charge is 0.477 e. The first kappa shape index (κ1) is 31.8. The fourth-order valence-electron chi connectivity index (χ4n) is 5.67. The Labute approximate surface area is 287 Å². The molecule has 1 aromatic heterocycles. The average molecular weight is 766 g/mol. The van der Waals surface area contributed by atoms with E-state index >= 15 is 0 Å². The Morgan fingerprint density at radius 3 is 2.09 bits per heavy atom. The predicted molar refractivity (Wildman–Crippen MR) is 187 cm³/mol. The van der Waals surface area contributed by atoms with Gasteiger partial charge in [0, 0.05) is 15.6 Å². The Hall–Kier alpha value is -4.21. The molecule has 6 rings (SSSR count). The highest BCUT2D eigenvalue weighted by atomic mass is 127. The molecule has 3 aromatic carbocycles. The Morgan fingerprint density at radius 1 is 1.02 bits per heavy atom. The van der Waals surface area contributed by atoms with Crippen LogP contribution in [-0.2, 0) is 24.8 Å². The minimum Gasteiger partial charge on any atom is -0.477 e. The molecule has 1 saturated heterocycles. The van der Waals surface area contributed by atoms with Crippen molar-refractivity contribution in [2.24, 2.45) is 5.16 Å². The number of anilines is 1. The molecule has 2 aliphatic rings. The summed E-state index contributed by atoms with van der Waals surface area (Å²) in [7, 11) is 1.33.